The molecule has 1 unspecified atom stereocenters. The molecule has 188 valence electrons. The van der Waals surface area contributed by atoms with Crippen molar-refractivity contribution < 1.29 is 8.42 Å². The van der Waals surface area contributed by atoms with Crippen LogP contribution in [0.4, 0.5) is 0 Å². The van der Waals surface area contributed by atoms with Gasteiger partial charge in [0.1, 0.15) is 5.84 Å². The van der Waals surface area contributed by atoms with E-state index in [9.17, 15) is 8.42 Å². The SMILES string of the molecule is CCCN(CCC)/C(=N\S(=O)(=O)c1ccc(Cl)cc1)C(c1ccc(C)cc1)N(CCC)CCC. The molecule has 2 aromatic rings. The number of sulfonamides is 1. The summed E-state index contributed by atoms with van der Waals surface area (Å²) in [5.74, 6) is 0.601. The molecular weight excluding hydrogens is 466 g/mol. The molecule has 0 heterocycles. The molecule has 0 aromatic heterocycles. The van der Waals surface area contributed by atoms with E-state index >= 15 is 0 Å². The average Bonchev–Trinajstić information content (AvgIpc) is 2.80. The van der Waals surface area contributed by atoms with E-state index in [1.807, 2.05) is 0 Å². The summed E-state index contributed by atoms with van der Waals surface area (Å²) in [5, 5.41) is 0.497. The predicted octanol–water partition coefficient (Wildman–Crippen LogP) is 6.72. The van der Waals surface area contributed by atoms with Crippen LogP contribution in [0.1, 0.15) is 70.5 Å². The normalized spacial score (nSPS) is 13.3. The molecule has 2 aromatic carbocycles. The van der Waals surface area contributed by atoms with E-state index in [0.717, 1.165) is 57.4 Å². The first-order chi connectivity index (χ1) is 16.3. The van der Waals surface area contributed by atoms with Gasteiger partial charge >= 0.3 is 0 Å². The first-order valence-corrected chi connectivity index (χ1v) is 14.2. The summed E-state index contributed by atoms with van der Waals surface area (Å²) in [6, 6.07) is 14.4. The third-order valence-corrected chi connectivity index (χ3v) is 7.21. The minimum Gasteiger partial charge on any atom is -0.358 e. The van der Waals surface area contributed by atoms with Crippen molar-refractivity contribution in [2.75, 3.05) is 26.2 Å². The van der Waals surface area contributed by atoms with Gasteiger partial charge in [-0.15, -0.1) is 4.40 Å². The number of halogens is 1. The van der Waals surface area contributed by atoms with Crippen molar-refractivity contribution in [3.05, 3.63) is 64.7 Å². The van der Waals surface area contributed by atoms with Crippen molar-refractivity contribution in [3.8, 4) is 0 Å². The Kier molecular flexibility index (Phi) is 11.6. The number of amidine groups is 1. The maximum Gasteiger partial charge on any atom is 0.284 e. The van der Waals surface area contributed by atoms with Gasteiger partial charge in [0.15, 0.2) is 0 Å². The lowest BCUT2D eigenvalue weighted by Gasteiger charge is -2.37. The molecule has 7 heteroatoms. The second-order valence-electron chi connectivity index (χ2n) is 8.71. The van der Waals surface area contributed by atoms with Crippen molar-refractivity contribution in [1.29, 1.82) is 0 Å². The molecule has 1 atom stereocenters. The van der Waals surface area contributed by atoms with E-state index in [2.05, 4.69) is 73.1 Å². The third-order valence-electron chi connectivity index (χ3n) is 5.66. The molecule has 0 radical (unpaired) electrons. The van der Waals surface area contributed by atoms with E-state index in [-0.39, 0.29) is 10.9 Å². The van der Waals surface area contributed by atoms with E-state index in [1.165, 1.54) is 17.7 Å². The van der Waals surface area contributed by atoms with Gasteiger partial charge in [-0.05, 0) is 75.5 Å². The number of nitrogens with zero attached hydrogens (tertiary/aromatic N) is 3. The Balaban J connectivity index is 2.77. The second-order valence-corrected chi connectivity index (χ2v) is 10.8. The predicted molar refractivity (Wildman–Crippen MR) is 144 cm³/mol. The lowest BCUT2D eigenvalue weighted by atomic mass is 10.0. The van der Waals surface area contributed by atoms with Crippen molar-refractivity contribution >= 4 is 27.5 Å². The van der Waals surface area contributed by atoms with Gasteiger partial charge in [-0.2, -0.15) is 8.42 Å². The Bertz CT molecular complexity index is 993. The highest BCUT2D eigenvalue weighted by molar-refractivity contribution is 7.90. The minimum atomic E-state index is -3.92. The van der Waals surface area contributed by atoms with Gasteiger partial charge in [-0.3, -0.25) is 4.90 Å². The molecule has 0 fully saturated rings. The number of hydrogen-bond acceptors (Lipinski definition) is 3. The quantitative estimate of drug-likeness (QED) is 0.224. The molecule has 0 amide bonds. The summed E-state index contributed by atoms with van der Waals surface area (Å²) in [6.45, 7) is 13.8. The van der Waals surface area contributed by atoms with Crippen LogP contribution >= 0.6 is 11.6 Å². The highest BCUT2D eigenvalue weighted by Crippen LogP contribution is 2.28. The number of benzene rings is 2. The van der Waals surface area contributed by atoms with E-state index in [4.69, 9.17) is 11.6 Å². The lowest BCUT2D eigenvalue weighted by Crippen LogP contribution is -2.45. The van der Waals surface area contributed by atoms with Crippen LogP contribution in [0.3, 0.4) is 0 Å². The zero-order chi connectivity index (χ0) is 25.1. The Morgan fingerprint density at radius 1 is 0.824 bits per heavy atom. The van der Waals surface area contributed by atoms with Crippen LogP contribution < -0.4 is 0 Å². The standard InChI is InChI=1S/C27H40ClN3O2S/c1-6-18-30(19-7-2)26(23-12-10-22(5)11-13-23)27(31(20-8-3)21-9-4)29-34(32,33)25-16-14-24(28)15-17-25/h10-17,26H,6-9,18-21H2,1-5H3/b29-27-. The Morgan fingerprint density at radius 3 is 1.79 bits per heavy atom. The zero-order valence-corrected chi connectivity index (χ0v) is 22.9. The van der Waals surface area contributed by atoms with E-state index in [1.54, 1.807) is 12.1 Å². The highest BCUT2D eigenvalue weighted by Gasteiger charge is 2.31. The second kappa shape index (κ2) is 13.9. The zero-order valence-electron chi connectivity index (χ0n) is 21.3. The molecule has 34 heavy (non-hydrogen) atoms. The Labute approximate surface area is 211 Å². The summed E-state index contributed by atoms with van der Waals surface area (Å²) in [7, 11) is -3.92. The number of hydrogen-bond donors (Lipinski definition) is 0. The first-order valence-electron chi connectivity index (χ1n) is 12.4. The van der Waals surface area contributed by atoms with Crippen LogP contribution in [-0.2, 0) is 10.0 Å². The van der Waals surface area contributed by atoms with Crippen molar-refractivity contribution in [2.45, 2.75) is 71.2 Å². The average molecular weight is 506 g/mol. The molecule has 5 nitrogen and oxygen atoms in total. The minimum absolute atomic E-state index is 0.155. The fourth-order valence-electron chi connectivity index (χ4n) is 4.16. The van der Waals surface area contributed by atoms with Crippen LogP contribution in [0, 0.1) is 6.92 Å². The van der Waals surface area contributed by atoms with Crippen LogP contribution in [0.2, 0.25) is 5.02 Å². The van der Waals surface area contributed by atoms with Gasteiger partial charge in [-0.1, -0.05) is 69.1 Å². The molecule has 0 aliphatic carbocycles. The van der Waals surface area contributed by atoms with E-state index < -0.39 is 10.0 Å². The molecule has 0 N–H and O–H groups in total. The van der Waals surface area contributed by atoms with Crippen molar-refractivity contribution in [2.24, 2.45) is 4.40 Å². The summed E-state index contributed by atoms with van der Waals surface area (Å²) >= 11 is 6.01. The number of rotatable bonds is 13. The first kappa shape index (κ1) is 28.3. The topological polar surface area (TPSA) is 53.0 Å². The summed E-state index contributed by atoms with van der Waals surface area (Å²) in [6.07, 6.45) is 3.76. The van der Waals surface area contributed by atoms with Crippen molar-refractivity contribution in [1.82, 2.24) is 9.80 Å². The molecule has 2 rings (SSSR count). The van der Waals surface area contributed by atoms with Gasteiger partial charge in [-0.25, -0.2) is 0 Å². The van der Waals surface area contributed by atoms with Gasteiger partial charge in [0.25, 0.3) is 10.0 Å². The molecule has 0 aliphatic rings. The number of aryl methyl sites for hydroxylation is 1. The van der Waals surface area contributed by atoms with Gasteiger partial charge < -0.3 is 4.90 Å². The molecular formula is C27H40ClN3O2S. The molecule has 0 saturated heterocycles. The van der Waals surface area contributed by atoms with Crippen molar-refractivity contribution in [3.63, 3.8) is 0 Å². The summed E-state index contributed by atoms with van der Waals surface area (Å²) < 4.78 is 31.6. The Morgan fingerprint density at radius 2 is 1.32 bits per heavy atom. The van der Waals surface area contributed by atoms with Gasteiger partial charge in [0, 0.05) is 18.1 Å². The maximum atomic E-state index is 13.5. The van der Waals surface area contributed by atoms with Crippen LogP contribution in [-0.4, -0.2) is 50.2 Å². The lowest BCUT2D eigenvalue weighted by molar-refractivity contribution is 0.227. The highest BCUT2D eigenvalue weighted by atomic mass is 35.5. The van der Waals surface area contributed by atoms with Gasteiger partial charge in [0.05, 0.1) is 10.9 Å². The molecule has 0 spiro atoms. The van der Waals surface area contributed by atoms with E-state index in [0.29, 0.717) is 10.9 Å². The maximum absolute atomic E-state index is 13.5. The third kappa shape index (κ3) is 7.82. The molecule has 0 aliphatic heterocycles. The fourth-order valence-corrected chi connectivity index (χ4v) is 5.33. The smallest absolute Gasteiger partial charge is 0.284 e. The van der Waals surface area contributed by atoms with Crippen LogP contribution in [0.25, 0.3) is 0 Å². The Hall–Kier alpha value is -1.89. The molecule has 0 bridgehead atoms. The summed E-state index contributed by atoms with van der Waals surface area (Å²) in [5.41, 5.74) is 2.24. The molecule has 0 saturated carbocycles. The van der Waals surface area contributed by atoms with Crippen LogP contribution in [0.15, 0.2) is 57.8 Å². The fraction of sp³-hybridized carbons (Fsp3) is 0.519. The largest absolute Gasteiger partial charge is 0.358 e. The summed E-state index contributed by atoms with van der Waals surface area (Å²) in [4.78, 5) is 4.69. The monoisotopic (exact) mass is 505 g/mol. The van der Waals surface area contributed by atoms with Crippen LogP contribution in [0.5, 0.6) is 0 Å². The van der Waals surface area contributed by atoms with Gasteiger partial charge in [0.2, 0.25) is 0 Å².